The number of rotatable bonds is 6. The van der Waals surface area contributed by atoms with Gasteiger partial charge in [0, 0.05) is 12.0 Å². The topological polar surface area (TPSA) is 118 Å². The molecule has 0 saturated heterocycles. The highest BCUT2D eigenvalue weighted by molar-refractivity contribution is 7.17. The monoisotopic (exact) mass is 491 g/mol. The molecule has 3 aromatic rings. The molecule has 9 heteroatoms. The van der Waals surface area contributed by atoms with Gasteiger partial charge >= 0.3 is 12.1 Å². The van der Waals surface area contributed by atoms with Crippen LogP contribution in [0.1, 0.15) is 52.4 Å². The first kappa shape index (κ1) is 23.0. The number of hydrogen-bond acceptors (Lipinski definition) is 6. The van der Waals surface area contributed by atoms with Gasteiger partial charge in [-0.1, -0.05) is 72.7 Å². The molecule has 0 spiro atoms. The minimum atomic E-state index is -0.892. The van der Waals surface area contributed by atoms with E-state index in [1.807, 2.05) is 36.4 Å². The number of carboxylic acids is 1. The van der Waals surface area contributed by atoms with Gasteiger partial charge < -0.3 is 15.2 Å². The van der Waals surface area contributed by atoms with Crippen molar-refractivity contribution >= 4 is 34.4 Å². The van der Waals surface area contributed by atoms with E-state index in [0.29, 0.717) is 17.7 Å². The lowest BCUT2D eigenvalue weighted by Crippen LogP contribution is -2.44. The highest BCUT2D eigenvalue weighted by atomic mass is 32.1. The van der Waals surface area contributed by atoms with Gasteiger partial charge in [-0.3, -0.25) is 14.9 Å². The van der Waals surface area contributed by atoms with Gasteiger partial charge in [0.2, 0.25) is 0 Å². The number of fused-ring (bicyclic) bond motifs is 3. The summed E-state index contributed by atoms with van der Waals surface area (Å²) in [5, 5.41) is 15.1. The Morgan fingerprint density at radius 1 is 1.00 bits per heavy atom. The Balaban J connectivity index is 1.19. The number of carbonyl (C=O) groups is 3. The number of anilines is 1. The van der Waals surface area contributed by atoms with Crippen molar-refractivity contribution in [3.63, 3.8) is 0 Å². The normalized spacial score (nSPS) is 18.9. The van der Waals surface area contributed by atoms with E-state index in [9.17, 15) is 19.5 Å². The van der Waals surface area contributed by atoms with E-state index in [4.69, 9.17) is 4.74 Å². The molecule has 0 radical (unpaired) electrons. The van der Waals surface area contributed by atoms with E-state index in [1.165, 1.54) is 6.20 Å². The number of carboxylic acid groups (broad SMARTS) is 1. The number of nitrogens with zero attached hydrogens (tertiary/aromatic N) is 1. The van der Waals surface area contributed by atoms with E-state index in [-0.39, 0.29) is 23.6 Å². The Morgan fingerprint density at radius 3 is 2.34 bits per heavy atom. The molecule has 8 nitrogen and oxygen atoms in total. The van der Waals surface area contributed by atoms with Gasteiger partial charge in [0.05, 0.1) is 12.1 Å². The molecule has 180 valence electrons. The molecule has 1 aromatic heterocycles. The van der Waals surface area contributed by atoms with Crippen molar-refractivity contribution in [1.29, 1.82) is 0 Å². The summed E-state index contributed by atoms with van der Waals surface area (Å²) in [4.78, 5) is 41.0. The number of amides is 2. The Labute approximate surface area is 206 Å². The number of carbonyl (C=O) groups excluding carboxylic acids is 2. The van der Waals surface area contributed by atoms with Gasteiger partial charge in [0.1, 0.15) is 11.5 Å². The molecule has 2 atom stereocenters. The minimum Gasteiger partial charge on any atom is -0.481 e. The van der Waals surface area contributed by atoms with Crippen molar-refractivity contribution < 1.29 is 24.2 Å². The Bertz CT molecular complexity index is 1230. The van der Waals surface area contributed by atoms with Crippen molar-refractivity contribution in [2.75, 3.05) is 11.9 Å². The summed E-state index contributed by atoms with van der Waals surface area (Å²) in [5.74, 6) is -1.92. The van der Waals surface area contributed by atoms with E-state index >= 15 is 0 Å². The molecular formula is C26H25N3O5S. The van der Waals surface area contributed by atoms with Gasteiger partial charge in [0.15, 0.2) is 5.13 Å². The summed E-state index contributed by atoms with van der Waals surface area (Å²) in [6.45, 7) is 0.177. The third kappa shape index (κ3) is 4.77. The highest BCUT2D eigenvalue weighted by Crippen LogP contribution is 2.44. The van der Waals surface area contributed by atoms with E-state index in [0.717, 1.165) is 46.4 Å². The Hall–Kier alpha value is -3.72. The lowest BCUT2D eigenvalue weighted by molar-refractivity contribution is -0.143. The van der Waals surface area contributed by atoms with Crippen LogP contribution in [0.5, 0.6) is 0 Å². The van der Waals surface area contributed by atoms with Crippen molar-refractivity contribution in [3.8, 4) is 11.1 Å². The van der Waals surface area contributed by atoms with Gasteiger partial charge in [-0.05, 0) is 35.1 Å². The third-order valence-corrected chi connectivity index (χ3v) is 7.59. The summed E-state index contributed by atoms with van der Waals surface area (Å²) in [7, 11) is 0. The first-order valence-corrected chi connectivity index (χ1v) is 12.4. The molecule has 1 heterocycles. The summed E-state index contributed by atoms with van der Waals surface area (Å²) in [6.07, 6.45) is 3.64. The van der Waals surface area contributed by atoms with Gasteiger partial charge in [-0.2, -0.15) is 0 Å². The van der Waals surface area contributed by atoms with Crippen LogP contribution < -0.4 is 10.6 Å². The Morgan fingerprint density at radius 2 is 1.66 bits per heavy atom. The van der Waals surface area contributed by atoms with E-state index in [1.54, 1.807) is 0 Å². The molecule has 2 aromatic carbocycles. The van der Waals surface area contributed by atoms with Crippen LogP contribution in [0.25, 0.3) is 11.1 Å². The van der Waals surface area contributed by atoms with Crippen LogP contribution in [0.3, 0.4) is 0 Å². The van der Waals surface area contributed by atoms with Crippen LogP contribution in [0, 0.1) is 5.92 Å². The first-order valence-electron chi connectivity index (χ1n) is 11.6. The summed E-state index contributed by atoms with van der Waals surface area (Å²) >= 11 is 1.02. The molecule has 2 aliphatic rings. The SMILES string of the molecule is O=C(Nc1ncc(C(=O)N[C@H]2CCCC[C@H]2C(=O)O)s1)OCC1c2ccccc2-c2ccccc21. The largest absolute Gasteiger partial charge is 0.481 e. The summed E-state index contributed by atoms with van der Waals surface area (Å²) in [5.41, 5.74) is 4.54. The molecule has 0 bridgehead atoms. The van der Waals surface area contributed by atoms with Crippen molar-refractivity contribution in [3.05, 3.63) is 70.7 Å². The Kier molecular flexibility index (Phi) is 6.50. The standard InChI is InChI=1S/C26H25N3O5S/c30-23(28-21-12-6-5-11-19(21)24(31)32)22-13-27-25(35-22)29-26(33)34-14-20-17-9-3-1-7-15(17)16-8-2-4-10-18(16)20/h1-4,7-10,13,19-21H,5-6,11-12,14H2,(H,28,30)(H,31,32)(H,27,29,33)/t19-,21+/m1/s1. The smallest absolute Gasteiger partial charge is 0.413 e. The second-order valence-electron chi connectivity index (χ2n) is 8.79. The van der Waals surface area contributed by atoms with Crippen molar-refractivity contribution in [2.24, 2.45) is 5.92 Å². The maximum Gasteiger partial charge on any atom is 0.413 e. The predicted octanol–water partition coefficient (Wildman–Crippen LogP) is 4.88. The van der Waals surface area contributed by atoms with Crippen LogP contribution in [-0.4, -0.2) is 40.7 Å². The first-order chi connectivity index (χ1) is 17.0. The summed E-state index contributed by atoms with van der Waals surface area (Å²) in [6, 6.07) is 15.8. The molecule has 1 fully saturated rings. The zero-order chi connectivity index (χ0) is 24.4. The minimum absolute atomic E-state index is 0.0524. The fraction of sp³-hybridized carbons (Fsp3) is 0.308. The molecule has 35 heavy (non-hydrogen) atoms. The molecule has 0 unspecified atom stereocenters. The third-order valence-electron chi connectivity index (χ3n) is 6.68. The summed E-state index contributed by atoms with van der Waals surface area (Å²) < 4.78 is 5.53. The van der Waals surface area contributed by atoms with Gasteiger partial charge in [-0.25, -0.2) is 9.78 Å². The van der Waals surface area contributed by atoms with Crippen LogP contribution >= 0.6 is 11.3 Å². The van der Waals surface area contributed by atoms with Gasteiger partial charge in [-0.15, -0.1) is 0 Å². The highest BCUT2D eigenvalue weighted by Gasteiger charge is 2.32. The molecule has 2 aliphatic carbocycles. The number of aromatic nitrogens is 1. The molecule has 5 rings (SSSR count). The van der Waals surface area contributed by atoms with Crippen molar-refractivity contribution in [1.82, 2.24) is 10.3 Å². The average molecular weight is 492 g/mol. The molecule has 3 N–H and O–H groups in total. The number of benzene rings is 2. The number of hydrogen-bond donors (Lipinski definition) is 3. The molecule has 0 aliphatic heterocycles. The quantitative estimate of drug-likeness (QED) is 0.453. The van der Waals surface area contributed by atoms with E-state index < -0.39 is 24.0 Å². The van der Waals surface area contributed by atoms with Gasteiger partial charge in [0.25, 0.3) is 5.91 Å². The zero-order valence-corrected chi connectivity index (χ0v) is 19.7. The number of nitrogens with one attached hydrogen (secondary N) is 2. The maximum atomic E-state index is 12.6. The molecule has 1 saturated carbocycles. The second-order valence-corrected chi connectivity index (χ2v) is 9.82. The lowest BCUT2D eigenvalue weighted by Gasteiger charge is -2.28. The van der Waals surface area contributed by atoms with Crippen LogP contribution in [0.4, 0.5) is 9.93 Å². The predicted molar refractivity (Wildman–Crippen MR) is 132 cm³/mol. The number of ether oxygens (including phenoxy) is 1. The fourth-order valence-corrected chi connectivity index (χ4v) is 5.70. The van der Waals surface area contributed by atoms with Crippen LogP contribution in [0.15, 0.2) is 54.7 Å². The maximum absolute atomic E-state index is 12.6. The van der Waals surface area contributed by atoms with Crippen LogP contribution in [-0.2, 0) is 9.53 Å². The molecular weight excluding hydrogens is 466 g/mol. The zero-order valence-electron chi connectivity index (χ0n) is 18.9. The van der Waals surface area contributed by atoms with Crippen molar-refractivity contribution in [2.45, 2.75) is 37.6 Å². The second kappa shape index (κ2) is 9.87. The lowest BCUT2D eigenvalue weighted by atomic mass is 9.84. The number of aliphatic carboxylic acids is 1. The fourth-order valence-electron chi connectivity index (χ4n) is 5.00. The average Bonchev–Trinajstić information content (AvgIpc) is 3.46. The van der Waals surface area contributed by atoms with Crippen LogP contribution in [0.2, 0.25) is 0 Å². The molecule has 2 amide bonds. The number of thiazole rings is 1. The van der Waals surface area contributed by atoms with E-state index in [2.05, 4.69) is 27.8 Å².